The molecule has 0 aliphatic carbocycles. The summed E-state index contributed by atoms with van der Waals surface area (Å²) in [7, 11) is 0. The molecule has 0 spiro atoms. The second kappa shape index (κ2) is 8.80. The molecular weight excluding hydrogens is 233 g/mol. The number of hydrogen-bond donors (Lipinski definition) is 2. The summed E-state index contributed by atoms with van der Waals surface area (Å²) in [6.45, 7) is 5.22. The largest absolute Gasteiger partial charge is 0.389 e. The third kappa shape index (κ3) is 5.91. The first-order valence-electron chi connectivity index (χ1n) is 6.05. The molecule has 1 atom stereocenters. The van der Waals surface area contributed by atoms with Gasteiger partial charge in [0.2, 0.25) is 0 Å². The number of ether oxygens (including phenoxy) is 1. The SMILES string of the molecule is C=CCCNCC(O)COCc1ccccc1F. The number of aliphatic hydroxyl groups excluding tert-OH is 1. The predicted molar refractivity (Wildman–Crippen MR) is 69.7 cm³/mol. The van der Waals surface area contributed by atoms with Gasteiger partial charge < -0.3 is 15.2 Å². The monoisotopic (exact) mass is 253 g/mol. The van der Waals surface area contributed by atoms with Gasteiger partial charge in [-0.15, -0.1) is 6.58 Å². The van der Waals surface area contributed by atoms with Crippen molar-refractivity contribution in [3.8, 4) is 0 Å². The lowest BCUT2D eigenvalue weighted by Crippen LogP contribution is -2.30. The average Bonchev–Trinajstić information content (AvgIpc) is 2.37. The van der Waals surface area contributed by atoms with E-state index in [1.807, 2.05) is 6.08 Å². The minimum Gasteiger partial charge on any atom is -0.389 e. The molecule has 2 N–H and O–H groups in total. The van der Waals surface area contributed by atoms with Crippen LogP contribution in [0.1, 0.15) is 12.0 Å². The van der Waals surface area contributed by atoms with Gasteiger partial charge in [-0.05, 0) is 19.0 Å². The Morgan fingerprint density at radius 1 is 1.44 bits per heavy atom. The summed E-state index contributed by atoms with van der Waals surface area (Å²) in [4.78, 5) is 0. The molecule has 0 saturated carbocycles. The molecule has 18 heavy (non-hydrogen) atoms. The Morgan fingerprint density at radius 2 is 2.22 bits per heavy atom. The molecule has 1 unspecified atom stereocenters. The Balaban J connectivity index is 2.13. The van der Waals surface area contributed by atoms with Crippen LogP contribution in [0, 0.1) is 5.82 Å². The van der Waals surface area contributed by atoms with Crippen LogP contribution in [-0.4, -0.2) is 30.9 Å². The average molecular weight is 253 g/mol. The number of rotatable bonds is 9. The first-order valence-corrected chi connectivity index (χ1v) is 6.05. The molecule has 3 nitrogen and oxygen atoms in total. The molecule has 1 aromatic rings. The third-order valence-corrected chi connectivity index (χ3v) is 2.43. The van der Waals surface area contributed by atoms with Crippen LogP contribution >= 0.6 is 0 Å². The van der Waals surface area contributed by atoms with Crippen molar-refractivity contribution in [1.29, 1.82) is 0 Å². The number of halogens is 1. The van der Waals surface area contributed by atoms with Crippen LogP contribution in [0.25, 0.3) is 0 Å². The van der Waals surface area contributed by atoms with Gasteiger partial charge in [-0.1, -0.05) is 24.3 Å². The van der Waals surface area contributed by atoms with Crippen molar-refractivity contribution in [2.24, 2.45) is 0 Å². The molecular formula is C14H20FNO2. The fourth-order valence-electron chi connectivity index (χ4n) is 1.45. The van der Waals surface area contributed by atoms with Crippen LogP contribution < -0.4 is 5.32 Å². The van der Waals surface area contributed by atoms with E-state index in [9.17, 15) is 9.50 Å². The van der Waals surface area contributed by atoms with Crippen LogP contribution in [0.4, 0.5) is 4.39 Å². The molecule has 100 valence electrons. The molecule has 0 aliphatic rings. The molecule has 0 saturated heterocycles. The zero-order valence-corrected chi connectivity index (χ0v) is 10.4. The summed E-state index contributed by atoms with van der Waals surface area (Å²) in [5, 5.41) is 12.7. The molecule has 1 aromatic carbocycles. The van der Waals surface area contributed by atoms with Gasteiger partial charge >= 0.3 is 0 Å². The second-order valence-electron chi connectivity index (χ2n) is 4.04. The zero-order valence-electron chi connectivity index (χ0n) is 10.4. The van der Waals surface area contributed by atoms with Crippen molar-refractivity contribution in [2.75, 3.05) is 19.7 Å². The summed E-state index contributed by atoms with van der Waals surface area (Å²) in [6.07, 6.45) is 2.10. The van der Waals surface area contributed by atoms with Gasteiger partial charge in [-0.3, -0.25) is 0 Å². The highest BCUT2D eigenvalue weighted by Crippen LogP contribution is 2.07. The van der Waals surface area contributed by atoms with Gasteiger partial charge in [0.25, 0.3) is 0 Å². The van der Waals surface area contributed by atoms with E-state index in [0.29, 0.717) is 12.1 Å². The second-order valence-corrected chi connectivity index (χ2v) is 4.04. The maximum absolute atomic E-state index is 13.2. The van der Waals surface area contributed by atoms with E-state index < -0.39 is 6.10 Å². The predicted octanol–water partition coefficient (Wildman–Crippen LogP) is 1.87. The normalized spacial score (nSPS) is 12.3. The first kappa shape index (κ1) is 14.8. The Labute approximate surface area is 107 Å². The lowest BCUT2D eigenvalue weighted by Gasteiger charge is -2.12. The zero-order chi connectivity index (χ0) is 13.2. The van der Waals surface area contributed by atoms with Crippen LogP contribution in [0.2, 0.25) is 0 Å². The fraction of sp³-hybridized carbons (Fsp3) is 0.429. The molecule has 4 heteroatoms. The van der Waals surface area contributed by atoms with E-state index in [-0.39, 0.29) is 19.0 Å². The van der Waals surface area contributed by atoms with E-state index >= 15 is 0 Å². The minimum atomic E-state index is -0.582. The lowest BCUT2D eigenvalue weighted by molar-refractivity contribution is 0.0280. The highest BCUT2D eigenvalue weighted by molar-refractivity contribution is 5.16. The number of aliphatic hydroxyl groups is 1. The van der Waals surface area contributed by atoms with Crippen molar-refractivity contribution in [3.05, 3.63) is 48.3 Å². The maximum Gasteiger partial charge on any atom is 0.128 e. The van der Waals surface area contributed by atoms with Crippen LogP contribution in [0.3, 0.4) is 0 Å². The topological polar surface area (TPSA) is 41.5 Å². The van der Waals surface area contributed by atoms with E-state index in [4.69, 9.17) is 4.74 Å². The van der Waals surface area contributed by atoms with Crippen LogP contribution in [-0.2, 0) is 11.3 Å². The Hall–Kier alpha value is -1.23. The number of hydrogen-bond acceptors (Lipinski definition) is 3. The molecule has 0 fully saturated rings. The number of nitrogens with one attached hydrogen (secondary N) is 1. The van der Waals surface area contributed by atoms with Crippen LogP contribution in [0.15, 0.2) is 36.9 Å². The van der Waals surface area contributed by atoms with Crippen molar-refractivity contribution in [3.63, 3.8) is 0 Å². The van der Waals surface area contributed by atoms with Crippen LogP contribution in [0.5, 0.6) is 0 Å². The van der Waals surface area contributed by atoms with Gasteiger partial charge in [0.1, 0.15) is 5.82 Å². The quantitative estimate of drug-likeness (QED) is 0.521. The molecule has 0 aromatic heterocycles. The van der Waals surface area contributed by atoms with E-state index in [2.05, 4.69) is 11.9 Å². The first-order chi connectivity index (χ1) is 8.74. The van der Waals surface area contributed by atoms with Gasteiger partial charge in [-0.2, -0.15) is 0 Å². The highest BCUT2D eigenvalue weighted by atomic mass is 19.1. The number of benzene rings is 1. The Kier molecular flexibility index (Phi) is 7.25. The molecule has 0 radical (unpaired) electrons. The van der Waals surface area contributed by atoms with Crippen molar-refractivity contribution < 1.29 is 14.2 Å². The summed E-state index contributed by atoms with van der Waals surface area (Å²) in [6, 6.07) is 6.46. The van der Waals surface area contributed by atoms with E-state index in [0.717, 1.165) is 13.0 Å². The molecule has 1 rings (SSSR count). The summed E-state index contributed by atoms with van der Waals surface area (Å²) in [5.74, 6) is -0.281. The minimum absolute atomic E-state index is 0.177. The van der Waals surface area contributed by atoms with E-state index in [1.54, 1.807) is 18.2 Å². The Bertz CT molecular complexity index is 357. The standard InChI is InChI=1S/C14H20FNO2/c1-2-3-8-16-9-13(17)11-18-10-12-6-4-5-7-14(12)15/h2,4-7,13,16-17H,1,3,8-11H2. The fourth-order valence-corrected chi connectivity index (χ4v) is 1.45. The smallest absolute Gasteiger partial charge is 0.128 e. The molecule has 0 bridgehead atoms. The third-order valence-electron chi connectivity index (χ3n) is 2.43. The van der Waals surface area contributed by atoms with Crippen molar-refractivity contribution >= 4 is 0 Å². The lowest BCUT2D eigenvalue weighted by atomic mass is 10.2. The van der Waals surface area contributed by atoms with Gasteiger partial charge in [0.05, 0.1) is 19.3 Å². The molecule has 0 amide bonds. The molecule has 0 heterocycles. The summed E-state index contributed by atoms with van der Waals surface area (Å²) in [5.41, 5.74) is 0.504. The van der Waals surface area contributed by atoms with Gasteiger partial charge in [0, 0.05) is 12.1 Å². The maximum atomic E-state index is 13.2. The van der Waals surface area contributed by atoms with Crippen molar-refractivity contribution in [2.45, 2.75) is 19.1 Å². The summed E-state index contributed by atoms with van der Waals surface area (Å²) < 4.78 is 18.5. The summed E-state index contributed by atoms with van der Waals surface area (Å²) >= 11 is 0. The highest BCUT2D eigenvalue weighted by Gasteiger charge is 2.05. The van der Waals surface area contributed by atoms with Gasteiger partial charge in [0.15, 0.2) is 0 Å². The van der Waals surface area contributed by atoms with E-state index in [1.165, 1.54) is 6.07 Å². The Morgan fingerprint density at radius 3 is 2.94 bits per heavy atom. The molecule has 0 aliphatic heterocycles. The van der Waals surface area contributed by atoms with Gasteiger partial charge in [-0.25, -0.2) is 4.39 Å². The van der Waals surface area contributed by atoms with Crippen molar-refractivity contribution in [1.82, 2.24) is 5.32 Å².